The van der Waals surface area contributed by atoms with Crippen molar-refractivity contribution in [3.8, 4) is 0 Å². The molecule has 0 aliphatic rings. The molecule has 0 saturated carbocycles. The minimum Gasteiger partial charge on any atom is -0.321 e. The Morgan fingerprint density at radius 1 is 1.17 bits per heavy atom. The molecule has 2 heterocycles. The smallest absolute Gasteiger partial charge is 0.321 e. The Hall–Kier alpha value is -3.03. The van der Waals surface area contributed by atoms with Crippen molar-refractivity contribution >= 4 is 11.6 Å². The van der Waals surface area contributed by atoms with Gasteiger partial charge in [0.2, 0.25) is 0 Å². The summed E-state index contributed by atoms with van der Waals surface area (Å²) in [5, 5.41) is 10.1. The second-order valence-electron chi connectivity index (χ2n) is 4.80. The molecular weight excluding hydrogens is 304 g/mol. The van der Waals surface area contributed by atoms with Gasteiger partial charge in [-0.25, -0.2) is 0 Å². The number of rotatable bonds is 5. The van der Waals surface area contributed by atoms with Crippen molar-refractivity contribution in [2.45, 2.75) is 13.1 Å². The van der Waals surface area contributed by atoms with Crippen LogP contribution in [0.25, 0.3) is 0 Å². The minimum atomic E-state index is -2.86. The molecule has 6 nitrogen and oxygen atoms in total. The number of hydrogen-bond acceptors (Lipinski definition) is 3. The van der Waals surface area contributed by atoms with Gasteiger partial charge in [0.05, 0.1) is 6.54 Å². The van der Waals surface area contributed by atoms with Gasteiger partial charge in [-0.15, -0.1) is 0 Å². The summed E-state index contributed by atoms with van der Waals surface area (Å²) in [7, 11) is 0. The highest BCUT2D eigenvalue weighted by Crippen LogP contribution is 2.16. The molecule has 0 unspecified atom stereocenters. The molecule has 1 amide bonds. The average molecular weight is 317 g/mol. The molecule has 0 aliphatic carbocycles. The number of carbonyl (C=O) groups is 1. The topological polar surface area (TPSA) is 64.7 Å². The van der Waals surface area contributed by atoms with Crippen molar-refractivity contribution in [2.24, 2.45) is 0 Å². The molecule has 0 saturated heterocycles. The Balaban J connectivity index is 1.75. The molecule has 118 valence electrons. The maximum atomic E-state index is 12.7. The first-order chi connectivity index (χ1) is 11.1. The summed E-state index contributed by atoms with van der Waals surface area (Å²) in [6.07, 6.45) is 4.67. The molecule has 0 aliphatic heterocycles. The van der Waals surface area contributed by atoms with Crippen LogP contribution in [0.2, 0.25) is 0 Å². The van der Waals surface area contributed by atoms with Gasteiger partial charge in [-0.2, -0.15) is 23.7 Å². The molecule has 0 bridgehead atoms. The van der Waals surface area contributed by atoms with E-state index in [1.54, 1.807) is 29.1 Å². The van der Waals surface area contributed by atoms with Crippen molar-refractivity contribution in [1.29, 1.82) is 0 Å². The van der Waals surface area contributed by atoms with Gasteiger partial charge in [0.1, 0.15) is 5.69 Å². The third kappa shape index (κ3) is 3.42. The van der Waals surface area contributed by atoms with Crippen molar-refractivity contribution < 1.29 is 13.6 Å². The number of halogens is 2. The molecule has 2 aromatic heterocycles. The largest absolute Gasteiger partial charge is 0.333 e. The van der Waals surface area contributed by atoms with Crippen molar-refractivity contribution in [3.63, 3.8) is 0 Å². The van der Waals surface area contributed by atoms with Gasteiger partial charge in [0.15, 0.2) is 0 Å². The fourth-order valence-electron chi connectivity index (χ4n) is 2.17. The standard InChI is InChI=1S/C15H13F2N5O/c16-15(17)22-13(5-7-19-22)14(23)20-12-4-1-3-11(9-12)10-21-8-2-6-18-21/h1-9,15H,10H2,(H,20,23). The molecule has 1 aromatic carbocycles. The van der Waals surface area contributed by atoms with E-state index in [2.05, 4.69) is 15.5 Å². The summed E-state index contributed by atoms with van der Waals surface area (Å²) < 4.78 is 27.6. The van der Waals surface area contributed by atoms with Crippen LogP contribution >= 0.6 is 0 Å². The number of amides is 1. The summed E-state index contributed by atoms with van der Waals surface area (Å²) in [6, 6.07) is 10.2. The molecule has 0 spiro atoms. The van der Waals surface area contributed by atoms with Crippen LogP contribution < -0.4 is 5.32 Å². The van der Waals surface area contributed by atoms with Crippen LogP contribution in [0.1, 0.15) is 22.6 Å². The molecule has 23 heavy (non-hydrogen) atoms. The van der Waals surface area contributed by atoms with E-state index in [1.807, 2.05) is 18.3 Å². The summed E-state index contributed by atoms with van der Waals surface area (Å²) in [4.78, 5) is 12.1. The molecular formula is C15H13F2N5O. The van der Waals surface area contributed by atoms with Gasteiger partial charge in [-0.05, 0) is 29.8 Å². The Bertz CT molecular complexity index is 798. The van der Waals surface area contributed by atoms with Crippen LogP contribution in [-0.2, 0) is 6.54 Å². The zero-order chi connectivity index (χ0) is 16.2. The van der Waals surface area contributed by atoms with Gasteiger partial charge >= 0.3 is 6.55 Å². The quantitative estimate of drug-likeness (QED) is 0.787. The van der Waals surface area contributed by atoms with Crippen molar-refractivity contribution in [3.05, 3.63) is 66.2 Å². The molecule has 0 fully saturated rings. The van der Waals surface area contributed by atoms with E-state index in [0.717, 1.165) is 11.8 Å². The van der Waals surface area contributed by atoms with Crippen LogP contribution in [0.4, 0.5) is 14.5 Å². The Morgan fingerprint density at radius 2 is 2.04 bits per heavy atom. The lowest BCUT2D eigenvalue weighted by Gasteiger charge is -2.09. The van der Waals surface area contributed by atoms with Crippen LogP contribution in [0.5, 0.6) is 0 Å². The van der Waals surface area contributed by atoms with E-state index in [4.69, 9.17) is 0 Å². The predicted octanol–water partition coefficient (Wildman–Crippen LogP) is 2.78. The van der Waals surface area contributed by atoms with E-state index in [-0.39, 0.29) is 5.69 Å². The maximum Gasteiger partial charge on any atom is 0.333 e. The van der Waals surface area contributed by atoms with Gasteiger partial charge in [0.25, 0.3) is 5.91 Å². The second-order valence-corrected chi connectivity index (χ2v) is 4.80. The minimum absolute atomic E-state index is 0.197. The second kappa shape index (κ2) is 6.39. The number of anilines is 1. The fourth-order valence-corrected chi connectivity index (χ4v) is 2.17. The number of nitrogens with zero attached hydrogens (tertiary/aromatic N) is 4. The van der Waals surface area contributed by atoms with Crippen LogP contribution in [0.15, 0.2) is 55.0 Å². The molecule has 0 radical (unpaired) electrons. The SMILES string of the molecule is O=C(Nc1cccc(Cn2cccn2)c1)c1ccnn1C(F)F. The van der Waals surface area contributed by atoms with Crippen LogP contribution in [0.3, 0.4) is 0 Å². The normalized spacial score (nSPS) is 10.9. The number of aromatic nitrogens is 4. The van der Waals surface area contributed by atoms with E-state index in [1.165, 1.54) is 6.07 Å². The van der Waals surface area contributed by atoms with Crippen LogP contribution in [0, 0.1) is 0 Å². The molecule has 8 heteroatoms. The lowest BCUT2D eigenvalue weighted by molar-refractivity contribution is 0.0520. The van der Waals surface area contributed by atoms with E-state index in [9.17, 15) is 13.6 Å². The lowest BCUT2D eigenvalue weighted by atomic mass is 10.2. The highest BCUT2D eigenvalue weighted by molar-refractivity contribution is 6.03. The zero-order valence-corrected chi connectivity index (χ0v) is 11.9. The van der Waals surface area contributed by atoms with Gasteiger partial charge in [-0.3, -0.25) is 9.48 Å². The predicted molar refractivity (Wildman–Crippen MR) is 79.2 cm³/mol. The molecule has 3 aromatic rings. The number of benzene rings is 1. The van der Waals surface area contributed by atoms with Gasteiger partial charge < -0.3 is 5.32 Å². The first-order valence-electron chi connectivity index (χ1n) is 6.83. The summed E-state index contributed by atoms with van der Waals surface area (Å²) in [6.45, 7) is -2.32. The van der Waals surface area contributed by atoms with Crippen molar-refractivity contribution in [1.82, 2.24) is 19.6 Å². The first kappa shape index (κ1) is 14.9. The Morgan fingerprint density at radius 3 is 2.78 bits per heavy atom. The Labute approximate surface area is 130 Å². The number of carbonyl (C=O) groups excluding carboxylic acids is 1. The third-order valence-corrected chi connectivity index (χ3v) is 3.18. The first-order valence-corrected chi connectivity index (χ1v) is 6.83. The van der Waals surface area contributed by atoms with E-state index in [0.29, 0.717) is 16.9 Å². The number of alkyl halides is 2. The maximum absolute atomic E-state index is 12.7. The van der Waals surface area contributed by atoms with E-state index < -0.39 is 12.5 Å². The molecule has 0 atom stereocenters. The van der Waals surface area contributed by atoms with Gasteiger partial charge in [-0.1, -0.05) is 12.1 Å². The summed E-state index contributed by atoms with van der Waals surface area (Å²) >= 11 is 0. The van der Waals surface area contributed by atoms with Crippen LogP contribution in [-0.4, -0.2) is 25.5 Å². The highest BCUT2D eigenvalue weighted by Gasteiger charge is 2.17. The third-order valence-electron chi connectivity index (χ3n) is 3.18. The lowest BCUT2D eigenvalue weighted by Crippen LogP contribution is -2.18. The average Bonchev–Trinajstić information content (AvgIpc) is 3.18. The highest BCUT2D eigenvalue weighted by atomic mass is 19.3. The summed E-state index contributed by atoms with van der Waals surface area (Å²) in [5.41, 5.74) is 1.24. The van der Waals surface area contributed by atoms with Crippen molar-refractivity contribution in [2.75, 3.05) is 5.32 Å². The monoisotopic (exact) mass is 317 g/mol. The summed E-state index contributed by atoms with van der Waals surface area (Å²) in [5.74, 6) is -0.640. The molecule has 1 N–H and O–H groups in total. The fraction of sp³-hybridized carbons (Fsp3) is 0.133. The number of hydrogen-bond donors (Lipinski definition) is 1. The van der Waals surface area contributed by atoms with Gasteiger partial charge in [0, 0.05) is 24.3 Å². The van der Waals surface area contributed by atoms with E-state index >= 15 is 0 Å². The number of nitrogens with one attached hydrogen (secondary N) is 1. The molecule has 3 rings (SSSR count). The zero-order valence-electron chi connectivity index (χ0n) is 11.9. The Kier molecular flexibility index (Phi) is 4.13.